The Bertz CT molecular complexity index is 2740. The first-order valence-electron chi connectivity index (χ1n) is 18.1. The molecule has 0 bridgehead atoms. The Hall–Kier alpha value is -6.85. The van der Waals surface area contributed by atoms with Crippen molar-refractivity contribution in [3.05, 3.63) is 154 Å². The molecule has 2 aromatic heterocycles. The molecule has 2 atom stereocenters. The highest BCUT2D eigenvalue weighted by Crippen LogP contribution is 2.39. The van der Waals surface area contributed by atoms with Gasteiger partial charge in [0, 0.05) is 54.0 Å². The highest BCUT2D eigenvalue weighted by atomic mass is 19.4. The number of fused-ring (bicyclic) bond motifs is 2. The van der Waals surface area contributed by atoms with Crippen molar-refractivity contribution in [2.45, 2.75) is 85.1 Å². The summed E-state index contributed by atoms with van der Waals surface area (Å²) < 4.78 is 114. The maximum Gasteiger partial charge on any atom is 0.407 e. The van der Waals surface area contributed by atoms with Gasteiger partial charge in [-0.1, -0.05) is 51.3 Å². The van der Waals surface area contributed by atoms with Crippen LogP contribution < -0.4 is 0 Å². The van der Waals surface area contributed by atoms with E-state index in [2.05, 4.69) is 9.69 Å². The topological polar surface area (TPSA) is 99.2 Å². The van der Waals surface area contributed by atoms with E-state index in [-0.39, 0.29) is 39.1 Å². The second-order valence-electron chi connectivity index (χ2n) is 14.5. The molecule has 0 amide bonds. The van der Waals surface area contributed by atoms with Crippen molar-refractivity contribution in [1.82, 2.24) is 9.13 Å². The monoisotopic (exact) mass is 882 g/mol. The van der Waals surface area contributed by atoms with Crippen LogP contribution in [0.25, 0.3) is 31.5 Å². The lowest BCUT2D eigenvalue weighted by Gasteiger charge is -2.29. The summed E-state index contributed by atoms with van der Waals surface area (Å²) >= 11 is 0. The number of ether oxygens (including phenoxy) is 1. The summed E-state index contributed by atoms with van der Waals surface area (Å²) in [7, 11) is 0. The molecule has 0 saturated carbocycles. The molecule has 0 fully saturated rings. The normalized spacial score (nSPS) is 13.2. The number of halogens is 8. The van der Waals surface area contributed by atoms with Crippen molar-refractivity contribution in [3.8, 4) is 0 Å². The average Bonchev–Trinajstić information content (AvgIpc) is 3.75. The summed E-state index contributed by atoms with van der Waals surface area (Å²) in [4.78, 5) is 43.2. The molecule has 63 heavy (non-hydrogen) atoms. The van der Waals surface area contributed by atoms with Crippen molar-refractivity contribution in [2.24, 2.45) is 0 Å². The minimum absolute atomic E-state index is 0. The maximum absolute atomic E-state index is 13.5. The Balaban J connectivity index is 0.000000326. The SMILES string of the molecule is C.C.[C-]#[N+]c1ccc(CC(=O)[C@@](C)(O)Cn2ccc3cc(F)ccc32)cc1C(F)(F)F.[C-]#[N+]c1ccc(CC(=O)[C@](C)(Cn2ccc3cc(F)ccc32)OC(C)=O)cc1C(F)(F)F. The number of rotatable bonds is 11. The van der Waals surface area contributed by atoms with E-state index in [9.17, 15) is 54.6 Å². The molecule has 0 saturated heterocycles. The third-order valence-electron chi connectivity index (χ3n) is 9.68. The molecule has 4 aromatic carbocycles. The minimum Gasteiger partial charge on any atom is -0.450 e. The average molecular weight is 883 g/mol. The van der Waals surface area contributed by atoms with E-state index in [1.165, 1.54) is 62.4 Å². The minimum atomic E-state index is -4.75. The molecule has 0 aliphatic carbocycles. The molecule has 0 aliphatic heterocycles. The van der Waals surface area contributed by atoms with E-state index in [0.717, 1.165) is 31.2 Å². The number of esters is 1. The Morgan fingerprint density at radius 1 is 0.635 bits per heavy atom. The predicted molar refractivity (Wildman–Crippen MR) is 221 cm³/mol. The number of nitrogens with zero attached hydrogens (tertiary/aromatic N) is 4. The summed E-state index contributed by atoms with van der Waals surface area (Å²) in [5, 5.41) is 11.8. The van der Waals surface area contributed by atoms with Crippen LogP contribution in [0.4, 0.5) is 46.5 Å². The fourth-order valence-electron chi connectivity index (χ4n) is 6.64. The van der Waals surface area contributed by atoms with E-state index in [1.54, 1.807) is 33.7 Å². The van der Waals surface area contributed by atoms with Gasteiger partial charge in [-0.2, -0.15) is 26.3 Å². The Morgan fingerprint density at radius 3 is 1.44 bits per heavy atom. The van der Waals surface area contributed by atoms with Crippen molar-refractivity contribution in [3.63, 3.8) is 0 Å². The number of ketones is 2. The van der Waals surface area contributed by atoms with E-state index in [0.29, 0.717) is 21.8 Å². The van der Waals surface area contributed by atoms with Crippen LogP contribution in [0.15, 0.2) is 97.3 Å². The van der Waals surface area contributed by atoms with Gasteiger partial charge in [-0.15, -0.1) is 0 Å². The molecule has 6 aromatic rings. The second kappa shape index (κ2) is 19.5. The van der Waals surface area contributed by atoms with E-state index in [1.807, 2.05) is 0 Å². The largest absolute Gasteiger partial charge is 0.450 e. The molecular formula is C46H42F8N4O5. The van der Waals surface area contributed by atoms with Crippen LogP contribution in [0.2, 0.25) is 0 Å². The molecule has 0 spiro atoms. The summed E-state index contributed by atoms with van der Waals surface area (Å²) in [5.41, 5.74) is -5.63. The lowest BCUT2D eigenvalue weighted by molar-refractivity contribution is -0.165. The molecule has 0 unspecified atom stereocenters. The highest BCUT2D eigenvalue weighted by Gasteiger charge is 2.39. The van der Waals surface area contributed by atoms with Gasteiger partial charge in [-0.05, 0) is 73.5 Å². The van der Waals surface area contributed by atoms with Crippen molar-refractivity contribution in [2.75, 3.05) is 0 Å². The summed E-state index contributed by atoms with van der Waals surface area (Å²) in [6.45, 7) is 17.3. The van der Waals surface area contributed by atoms with Gasteiger partial charge in [-0.3, -0.25) is 14.4 Å². The third kappa shape index (κ3) is 12.0. The number of aliphatic hydroxyl groups is 1. The van der Waals surface area contributed by atoms with Gasteiger partial charge in [0.15, 0.2) is 28.5 Å². The summed E-state index contributed by atoms with van der Waals surface area (Å²) in [6.07, 6.45) is -7.15. The number of carbonyl (C=O) groups excluding carboxylic acids is 3. The van der Waals surface area contributed by atoms with Crippen LogP contribution in [0.3, 0.4) is 0 Å². The van der Waals surface area contributed by atoms with Crippen LogP contribution >= 0.6 is 0 Å². The van der Waals surface area contributed by atoms with E-state index < -0.39 is 88.1 Å². The molecule has 332 valence electrons. The molecular weight excluding hydrogens is 841 g/mol. The number of alkyl halides is 6. The molecule has 9 nitrogen and oxygen atoms in total. The van der Waals surface area contributed by atoms with Gasteiger partial charge in [0.25, 0.3) is 0 Å². The van der Waals surface area contributed by atoms with Crippen LogP contribution in [0, 0.1) is 24.8 Å². The number of Topliss-reactive ketones (excluding diaryl/α,β-unsaturated/α-hetero) is 2. The maximum atomic E-state index is 13.5. The zero-order valence-corrected chi connectivity index (χ0v) is 32.5. The lowest BCUT2D eigenvalue weighted by Crippen LogP contribution is -2.44. The Morgan fingerprint density at radius 2 is 1.05 bits per heavy atom. The van der Waals surface area contributed by atoms with Crippen LogP contribution in [0.5, 0.6) is 0 Å². The van der Waals surface area contributed by atoms with Crippen LogP contribution in [-0.2, 0) is 57.4 Å². The fraction of sp³-hybridized carbons (Fsp3) is 0.283. The first kappa shape index (κ1) is 50.5. The molecule has 2 heterocycles. The smallest absolute Gasteiger partial charge is 0.407 e. The predicted octanol–water partition coefficient (Wildman–Crippen LogP) is 11.7. The molecule has 1 N–H and O–H groups in total. The summed E-state index contributed by atoms with van der Waals surface area (Å²) in [5.74, 6) is -2.88. The number of carbonyl (C=O) groups is 3. The van der Waals surface area contributed by atoms with Gasteiger partial charge in [0.2, 0.25) is 0 Å². The first-order chi connectivity index (χ1) is 28.4. The Kier molecular flexibility index (Phi) is 15.6. The zero-order valence-electron chi connectivity index (χ0n) is 32.5. The van der Waals surface area contributed by atoms with E-state index in [4.69, 9.17) is 17.9 Å². The first-order valence-corrected chi connectivity index (χ1v) is 18.1. The molecule has 6 rings (SSSR count). The zero-order chi connectivity index (χ0) is 45.1. The fourth-order valence-corrected chi connectivity index (χ4v) is 6.64. The highest BCUT2D eigenvalue weighted by molar-refractivity contribution is 5.91. The number of benzene rings is 4. The van der Waals surface area contributed by atoms with Gasteiger partial charge in [-0.25, -0.2) is 18.5 Å². The van der Waals surface area contributed by atoms with Gasteiger partial charge in [0.05, 0.1) is 37.4 Å². The third-order valence-corrected chi connectivity index (χ3v) is 9.68. The summed E-state index contributed by atoms with van der Waals surface area (Å²) in [6, 6.07) is 17.5. The molecule has 17 heteroatoms. The van der Waals surface area contributed by atoms with Crippen molar-refractivity contribution < 1.29 is 59.4 Å². The van der Waals surface area contributed by atoms with Gasteiger partial charge < -0.3 is 19.0 Å². The van der Waals surface area contributed by atoms with E-state index >= 15 is 0 Å². The van der Waals surface area contributed by atoms with Gasteiger partial charge in [0.1, 0.15) is 17.2 Å². The van der Waals surface area contributed by atoms with Crippen LogP contribution in [-0.4, -0.2) is 43.0 Å². The van der Waals surface area contributed by atoms with Crippen LogP contribution in [0.1, 0.15) is 57.9 Å². The second-order valence-corrected chi connectivity index (χ2v) is 14.5. The molecule has 0 aliphatic rings. The number of hydrogen-bond acceptors (Lipinski definition) is 5. The lowest BCUT2D eigenvalue weighted by atomic mass is 9.93. The van der Waals surface area contributed by atoms with Crippen molar-refractivity contribution >= 4 is 50.7 Å². The standard InChI is InChI=1S/C23H18F4N2O3.C21H16F4N2O2.2CH4/c1-14(30)32-22(2,13-29-9-8-16-12-17(24)5-7-20(16)29)21(31)11-15-4-6-19(28-3)18(10-15)23(25,26)27;1-20(29,12-27-8-7-14-11-15(22)4-6-18(14)27)19(28)10-13-3-5-17(26-2)16(9-13)21(23,24)25;;/h4-10,12H,11,13H2,1-2H3;3-9,11,29H,10,12H2,1H3;2*1H4/t22-;20-;;/m00../s1. The molecule has 0 radical (unpaired) electrons. The number of hydrogen-bond donors (Lipinski definition) is 1. The van der Waals surface area contributed by atoms with Gasteiger partial charge >= 0.3 is 18.3 Å². The number of aromatic nitrogens is 2. The van der Waals surface area contributed by atoms with Crippen molar-refractivity contribution in [1.29, 1.82) is 0 Å². The quantitative estimate of drug-likeness (QED) is 0.0794. The Labute approximate surface area is 357 Å².